The number of methoxy groups -OCH3 is 1. The van der Waals surface area contributed by atoms with Crippen LogP contribution in [0.1, 0.15) is 6.42 Å². The third kappa shape index (κ3) is 3.58. The van der Waals surface area contributed by atoms with Crippen LogP contribution in [0.15, 0.2) is 53.5 Å². The lowest BCUT2D eigenvalue weighted by molar-refractivity contribution is -0.122. The van der Waals surface area contributed by atoms with Gasteiger partial charge in [-0.1, -0.05) is 18.2 Å². The van der Waals surface area contributed by atoms with Crippen molar-refractivity contribution in [1.29, 1.82) is 0 Å². The number of ether oxygens (including phenoxy) is 1. The van der Waals surface area contributed by atoms with Crippen molar-refractivity contribution in [3.05, 3.63) is 59.1 Å². The van der Waals surface area contributed by atoms with Crippen LogP contribution in [-0.4, -0.2) is 46.8 Å². The van der Waals surface area contributed by atoms with E-state index >= 15 is 0 Å². The Kier molecular flexibility index (Phi) is 5.01. The summed E-state index contributed by atoms with van der Waals surface area (Å²) in [4.78, 5) is 26.8. The number of carbonyl (C=O) groups excluding carboxylic acids is 1. The van der Waals surface area contributed by atoms with Crippen molar-refractivity contribution >= 4 is 17.2 Å². The number of para-hydroxylation sites is 2. The molecule has 0 bridgehead atoms. The topological polar surface area (TPSA) is 80.9 Å². The molecule has 1 amide bonds. The molecular weight excluding hydrogens is 358 g/mol. The third-order valence-electron chi connectivity index (χ3n) is 5.08. The van der Waals surface area contributed by atoms with Gasteiger partial charge in [0.25, 0.3) is 0 Å². The van der Waals surface area contributed by atoms with Gasteiger partial charge in [0.05, 0.1) is 12.8 Å². The second-order valence-corrected chi connectivity index (χ2v) is 6.95. The Balaban J connectivity index is 1.33. The molecule has 0 aliphatic carbocycles. The average Bonchev–Trinajstić information content (AvgIpc) is 3.32. The summed E-state index contributed by atoms with van der Waals surface area (Å²) in [7, 11) is 1.67. The fourth-order valence-electron chi connectivity index (χ4n) is 3.63. The summed E-state index contributed by atoms with van der Waals surface area (Å²) in [5, 5.41) is 7.13. The molecule has 28 heavy (non-hydrogen) atoms. The lowest BCUT2D eigenvalue weighted by Gasteiger charge is -2.21. The van der Waals surface area contributed by atoms with E-state index in [1.54, 1.807) is 31.5 Å². The molecule has 1 aliphatic heterocycles. The number of rotatable bonds is 6. The molecule has 3 heterocycles. The first kappa shape index (κ1) is 18.1. The van der Waals surface area contributed by atoms with Gasteiger partial charge in [0.2, 0.25) is 5.91 Å². The van der Waals surface area contributed by atoms with Crippen molar-refractivity contribution in [1.82, 2.24) is 19.5 Å². The van der Waals surface area contributed by atoms with Crippen molar-refractivity contribution in [2.75, 3.05) is 31.6 Å². The number of aromatic nitrogens is 3. The molecule has 8 nitrogen and oxygen atoms in total. The summed E-state index contributed by atoms with van der Waals surface area (Å²) in [5.74, 6) is 1.01. The molecule has 1 saturated heterocycles. The van der Waals surface area contributed by atoms with E-state index in [1.165, 1.54) is 9.08 Å². The molecule has 1 atom stereocenters. The molecule has 8 heteroatoms. The minimum atomic E-state index is -0.311. The largest absolute Gasteiger partial charge is 0.495 e. The summed E-state index contributed by atoms with van der Waals surface area (Å²) in [6, 6.07) is 13.3. The molecule has 3 aromatic rings. The summed E-state index contributed by atoms with van der Waals surface area (Å²) in [6.45, 7) is 2.28. The van der Waals surface area contributed by atoms with Crippen LogP contribution in [0.5, 0.6) is 5.75 Å². The van der Waals surface area contributed by atoms with E-state index < -0.39 is 0 Å². The van der Waals surface area contributed by atoms with Crippen LogP contribution in [0, 0.1) is 5.92 Å². The quantitative estimate of drug-likeness (QED) is 0.693. The van der Waals surface area contributed by atoms with E-state index in [0.717, 1.165) is 30.9 Å². The molecular formula is C20H23N5O3. The number of nitrogens with one attached hydrogen (secondary N) is 1. The number of carbonyl (C=O) groups is 1. The van der Waals surface area contributed by atoms with Crippen LogP contribution in [0.2, 0.25) is 0 Å². The molecule has 2 aromatic heterocycles. The van der Waals surface area contributed by atoms with Gasteiger partial charge in [0.1, 0.15) is 12.3 Å². The second kappa shape index (κ2) is 7.75. The van der Waals surface area contributed by atoms with Crippen LogP contribution in [-0.2, 0) is 11.3 Å². The lowest BCUT2D eigenvalue weighted by Crippen LogP contribution is -2.36. The van der Waals surface area contributed by atoms with Crippen molar-refractivity contribution in [2.24, 2.45) is 5.92 Å². The van der Waals surface area contributed by atoms with E-state index in [2.05, 4.69) is 21.4 Å². The SMILES string of the molecule is COc1ccccc1N1CCC(CNC(=O)Cn2nc3ccccn3c2=O)C1. The molecule has 0 spiro atoms. The van der Waals surface area contributed by atoms with E-state index in [0.29, 0.717) is 18.1 Å². The molecule has 1 aromatic carbocycles. The van der Waals surface area contributed by atoms with Gasteiger partial charge in [-0.25, -0.2) is 9.48 Å². The summed E-state index contributed by atoms with van der Waals surface area (Å²) in [5.41, 5.74) is 1.30. The summed E-state index contributed by atoms with van der Waals surface area (Å²) < 4.78 is 8.06. The fourth-order valence-corrected chi connectivity index (χ4v) is 3.63. The lowest BCUT2D eigenvalue weighted by atomic mass is 10.1. The molecule has 1 fully saturated rings. The van der Waals surface area contributed by atoms with Crippen molar-refractivity contribution < 1.29 is 9.53 Å². The van der Waals surface area contributed by atoms with E-state index in [4.69, 9.17) is 4.74 Å². The van der Waals surface area contributed by atoms with Crippen molar-refractivity contribution in [3.63, 3.8) is 0 Å². The monoisotopic (exact) mass is 381 g/mol. The molecule has 1 N–H and O–H groups in total. The number of benzene rings is 1. The number of fused-ring (bicyclic) bond motifs is 1. The summed E-state index contributed by atoms with van der Waals surface area (Å²) in [6.07, 6.45) is 2.64. The third-order valence-corrected chi connectivity index (χ3v) is 5.08. The maximum absolute atomic E-state index is 12.3. The first-order chi connectivity index (χ1) is 13.7. The minimum absolute atomic E-state index is 0.0799. The maximum Gasteiger partial charge on any atom is 0.350 e. The Labute approximate surface area is 162 Å². The van der Waals surface area contributed by atoms with Gasteiger partial charge < -0.3 is 15.0 Å². The summed E-state index contributed by atoms with van der Waals surface area (Å²) >= 11 is 0. The van der Waals surface area contributed by atoms with E-state index in [9.17, 15) is 9.59 Å². The van der Waals surface area contributed by atoms with Gasteiger partial charge in [0.15, 0.2) is 5.65 Å². The van der Waals surface area contributed by atoms with Gasteiger partial charge in [0, 0.05) is 25.8 Å². The van der Waals surface area contributed by atoms with Crippen LogP contribution in [0.25, 0.3) is 5.65 Å². The average molecular weight is 381 g/mol. The van der Waals surface area contributed by atoms with Crippen molar-refractivity contribution in [2.45, 2.75) is 13.0 Å². The predicted molar refractivity (Wildman–Crippen MR) is 106 cm³/mol. The first-order valence-corrected chi connectivity index (χ1v) is 9.34. The zero-order chi connectivity index (χ0) is 19.5. The number of amides is 1. The standard InChI is InChI=1S/C20H23N5O3/c1-28-17-7-3-2-6-16(17)23-11-9-15(13-23)12-21-19(26)14-25-20(27)24-10-5-4-8-18(24)22-25/h2-8,10,15H,9,11-14H2,1H3,(H,21,26). The van der Waals surface area contributed by atoms with Crippen LogP contribution < -0.4 is 20.6 Å². The Morgan fingerprint density at radius 1 is 1.25 bits per heavy atom. The molecule has 4 rings (SSSR count). The highest BCUT2D eigenvalue weighted by Crippen LogP contribution is 2.31. The highest BCUT2D eigenvalue weighted by atomic mass is 16.5. The van der Waals surface area contributed by atoms with Gasteiger partial charge in [-0.05, 0) is 36.6 Å². The Morgan fingerprint density at radius 3 is 2.89 bits per heavy atom. The Hall–Kier alpha value is -3.29. The number of anilines is 1. The molecule has 146 valence electrons. The molecule has 1 unspecified atom stereocenters. The second-order valence-electron chi connectivity index (χ2n) is 6.95. The zero-order valence-corrected chi connectivity index (χ0v) is 15.7. The highest BCUT2D eigenvalue weighted by Gasteiger charge is 2.25. The van der Waals surface area contributed by atoms with Gasteiger partial charge in [-0.15, -0.1) is 5.10 Å². The van der Waals surface area contributed by atoms with Gasteiger partial charge >= 0.3 is 5.69 Å². The van der Waals surface area contributed by atoms with Crippen LogP contribution in [0.3, 0.4) is 0 Å². The van der Waals surface area contributed by atoms with Crippen LogP contribution in [0.4, 0.5) is 5.69 Å². The molecule has 0 radical (unpaired) electrons. The molecule has 0 saturated carbocycles. The van der Waals surface area contributed by atoms with E-state index in [-0.39, 0.29) is 18.1 Å². The molecule has 1 aliphatic rings. The Morgan fingerprint density at radius 2 is 2.07 bits per heavy atom. The normalized spacial score (nSPS) is 16.5. The smallest absolute Gasteiger partial charge is 0.350 e. The fraction of sp³-hybridized carbons (Fsp3) is 0.350. The Bertz CT molecular complexity index is 1040. The van der Waals surface area contributed by atoms with Gasteiger partial charge in [-0.2, -0.15) is 0 Å². The number of hydrogen-bond donors (Lipinski definition) is 1. The van der Waals surface area contributed by atoms with Crippen LogP contribution >= 0.6 is 0 Å². The van der Waals surface area contributed by atoms with Crippen molar-refractivity contribution in [3.8, 4) is 5.75 Å². The predicted octanol–water partition coefficient (Wildman–Crippen LogP) is 1.15. The number of nitrogens with zero attached hydrogens (tertiary/aromatic N) is 4. The maximum atomic E-state index is 12.3. The first-order valence-electron chi connectivity index (χ1n) is 9.34. The number of hydrogen-bond acceptors (Lipinski definition) is 5. The zero-order valence-electron chi connectivity index (χ0n) is 15.7. The van der Waals surface area contributed by atoms with Gasteiger partial charge in [-0.3, -0.25) is 9.20 Å². The minimum Gasteiger partial charge on any atom is -0.495 e. The number of pyridine rings is 1. The van der Waals surface area contributed by atoms with E-state index in [1.807, 2.05) is 18.2 Å². The highest BCUT2D eigenvalue weighted by molar-refractivity contribution is 5.75.